The molecule has 18 heavy (non-hydrogen) atoms. The number of hydrogen-bond acceptors (Lipinski definition) is 2. The Hall–Kier alpha value is -2.03. The first-order valence-corrected chi connectivity index (χ1v) is 6.17. The number of anilines is 2. The molecule has 1 aliphatic rings. The Labute approximate surface area is 106 Å². The van der Waals surface area contributed by atoms with Gasteiger partial charge in [0.1, 0.15) is 5.82 Å². The molecular formula is C15H15FN2. The van der Waals surface area contributed by atoms with Gasteiger partial charge < -0.3 is 10.6 Å². The molecule has 0 bridgehead atoms. The van der Waals surface area contributed by atoms with Crippen LogP contribution in [0.15, 0.2) is 42.5 Å². The van der Waals surface area contributed by atoms with Gasteiger partial charge in [-0.1, -0.05) is 18.2 Å². The van der Waals surface area contributed by atoms with Crippen molar-refractivity contribution < 1.29 is 4.39 Å². The smallest absolute Gasteiger partial charge is 0.123 e. The van der Waals surface area contributed by atoms with Crippen molar-refractivity contribution in [3.8, 4) is 0 Å². The fraction of sp³-hybridized carbons (Fsp3) is 0.200. The van der Waals surface area contributed by atoms with Gasteiger partial charge >= 0.3 is 0 Å². The molecule has 92 valence electrons. The number of benzene rings is 2. The minimum atomic E-state index is -0.206. The van der Waals surface area contributed by atoms with Gasteiger partial charge in [0, 0.05) is 24.5 Å². The van der Waals surface area contributed by atoms with Gasteiger partial charge in [0.15, 0.2) is 0 Å². The lowest BCUT2D eigenvalue weighted by Crippen LogP contribution is -2.03. The van der Waals surface area contributed by atoms with Crippen LogP contribution in [-0.2, 0) is 13.0 Å². The maximum absolute atomic E-state index is 12.8. The lowest BCUT2D eigenvalue weighted by molar-refractivity contribution is 0.628. The topological polar surface area (TPSA) is 24.1 Å². The van der Waals surface area contributed by atoms with E-state index in [1.807, 2.05) is 0 Å². The Morgan fingerprint density at radius 3 is 2.78 bits per heavy atom. The van der Waals surface area contributed by atoms with E-state index in [1.165, 1.54) is 28.9 Å². The zero-order valence-electron chi connectivity index (χ0n) is 10.0. The van der Waals surface area contributed by atoms with Crippen molar-refractivity contribution in [2.45, 2.75) is 13.0 Å². The Balaban J connectivity index is 1.74. The first kappa shape index (κ1) is 11.1. The molecule has 1 heterocycles. The molecule has 0 aromatic heterocycles. The first-order chi connectivity index (χ1) is 8.83. The summed E-state index contributed by atoms with van der Waals surface area (Å²) < 4.78 is 12.8. The van der Waals surface area contributed by atoms with Gasteiger partial charge in [-0.25, -0.2) is 4.39 Å². The standard InChI is InChI=1S/C15H15FN2/c16-13-4-6-14(7-5-13)18-10-12-3-1-2-11-8-9-17-15(11)12/h1-7,17-18H,8-10H2. The van der Waals surface area contributed by atoms with Crippen LogP contribution >= 0.6 is 0 Å². The molecule has 2 aromatic carbocycles. The molecule has 3 heteroatoms. The van der Waals surface area contributed by atoms with Crippen LogP contribution in [0.1, 0.15) is 11.1 Å². The van der Waals surface area contributed by atoms with E-state index >= 15 is 0 Å². The van der Waals surface area contributed by atoms with Crippen LogP contribution in [0, 0.1) is 5.82 Å². The van der Waals surface area contributed by atoms with E-state index in [0.29, 0.717) is 0 Å². The van der Waals surface area contributed by atoms with Crippen LogP contribution < -0.4 is 10.6 Å². The van der Waals surface area contributed by atoms with Gasteiger partial charge in [0.2, 0.25) is 0 Å². The molecule has 0 atom stereocenters. The fourth-order valence-electron chi connectivity index (χ4n) is 2.32. The molecule has 0 fully saturated rings. The number of fused-ring (bicyclic) bond motifs is 1. The minimum absolute atomic E-state index is 0.206. The van der Waals surface area contributed by atoms with Crippen molar-refractivity contribution in [2.75, 3.05) is 17.2 Å². The zero-order valence-corrected chi connectivity index (χ0v) is 10.0. The van der Waals surface area contributed by atoms with Crippen LogP contribution in [-0.4, -0.2) is 6.54 Å². The average Bonchev–Trinajstić information content (AvgIpc) is 2.87. The molecular weight excluding hydrogens is 227 g/mol. The van der Waals surface area contributed by atoms with Gasteiger partial charge in [-0.3, -0.25) is 0 Å². The highest BCUT2D eigenvalue weighted by Gasteiger charge is 2.12. The second-order valence-electron chi connectivity index (χ2n) is 4.49. The van der Waals surface area contributed by atoms with Crippen LogP contribution in [0.4, 0.5) is 15.8 Å². The normalized spacial score (nSPS) is 12.9. The van der Waals surface area contributed by atoms with E-state index in [-0.39, 0.29) is 5.82 Å². The van der Waals surface area contributed by atoms with Crippen molar-refractivity contribution in [1.82, 2.24) is 0 Å². The highest BCUT2D eigenvalue weighted by Crippen LogP contribution is 2.26. The maximum atomic E-state index is 12.8. The first-order valence-electron chi connectivity index (χ1n) is 6.17. The van der Waals surface area contributed by atoms with Crippen molar-refractivity contribution in [3.05, 3.63) is 59.4 Å². The quantitative estimate of drug-likeness (QED) is 0.862. The molecule has 0 spiro atoms. The van der Waals surface area contributed by atoms with Crippen molar-refractivity contribution >= 4 is 11.4 Å². The molecule has 0 unspecified atom stereocenters. The van der Waals surface area contributed by atoms with Gasteiger partial charge in [-0.2, -0.15) is 0 Å². The van der Waals surface area contributed by atoms with Gasteiger partial charge in [0.25, 0.3) is 0 Å². The van der Waals surface area contributed by atoms with Gasteiger partial charge in [-0.15, -0.1) is 0 Å². The molecule has 2 aromatic rings. The van der Waals surface area contributed by atoms with E-state index in [0.717, 1.165) is 25.2 Å². The summed E-state index contributed by atoms with van der Waals surface area (Å²) in [5.41, 5.74) is 4.84. The van der Waals surface area contributed by atoms with E-state index in [4.69, 9.17) is 0 Å². The second-order valence-corrected chi connectivity index (χ2v) is 4.49. The van der Waals surface area contributed by atoms with Crippen molar-refractivity contribution in [1.29, 1.82) is 0 Å². The van der Waals surface area contributed by atoms with E-state index < -0.39 is 0 Å². The molecule has 0 aliphatic carbocycles. The zero-order chi connectivity index (χ0) is 12.4. The third kappa shape index (κ3) is 2.16. The summed E-state index contributed by atoms with van der Waals surface area (Å²) in [6.45, 7) is 1.77. The minimum Gasteiger partial charge on any atom is -0.384 e. The predicted molar refractivity (Wildman–Crippen MR) is 72.4 cm³/mol. The molecule has 2 N–H and O–H groups in total. The summed E-state index contributed by atoms with van der Waals surface area (Å²) in [6.07, 6.45) is 1.10. The summed E-state index contributed by atoms with van der Waals surface area (Å²) in [5, 5.41) is 6.73. The Morgan fingerprint density at radius 1 is 1.11 bits per heavy atom. The molecule has 0 saturated heterocycles. The highest BCUT2D eigenvalue weighted by molar-refractivity contribution is 5.62. The van der Waals surface area contributed by atoms with E-state index in [2.05, 4.69) is 28.8 Å². The van der Waals surface area contributed by atoms with Crippen LogP contribution in [0.25, 0.3) is 0 Å². The predicted octanol–water partition coefficient (Wildman–Crippen LogP) is 3.41. The van der Waals surface area contributed by atoms with Gasteiger partial charge in [0.05, 0.1) is 0 Å². The Morgan fingerprint density at radius 2 is 1.94 bits per heavy atom. The number of halogens is 1. The molecule has 0 amide bonds. The summed E-state index contributed by atoms with van der Waals surface area (Å²) in [4.78, 5) is 0. The summed E-state index contributed by atoms with van der Waals surface area (Å²) >= 11 is 0. The van der Waals surface area contributed by atoms with Crippen LogP contribution in [0.2, 0.25) is 0 Å². The summed E-state index contributed by atoms with van der Waals surface area (Å²) in [6, 6.07) is 12.8. The third-order valence-electron chi connectivity index (χ3n) is 3.26. The Bertz CT molecular complexity index is 549. The molecule has 0 radical (unpaired) electrons. The summed E-state index contributed by atoms with van der Waals surface area (Å²) in [7, 11) is 0. The van der Waals surface area contributed by atoms with Crippen molar-refractivity contribution in [3.63, 3.8) is 0 Å². The lowest BCUT2D eigenvalue weighted by Gasteiger charge is -2.11. The van der Waals surface area contributed by atoms with Crippen LogP contribution in [0.3, 0.4) is 0 Å². The van der Waals surface area contributed by atoms with Crippen molar-refractivity contribution in [2.24, 2.45) is 0 Å². The molecule has 3 rings (SSSR count). The fourth-order valence-corrected chi connectivity index (χ4v) is 2.32. The average molecular weight is 242 g/mol. The highest BCUT2D eigenvalue weighted by atomic mass is 19.1. The second kappa shape index (κ2) is 4.69. The largest absolute Gasteiger partial charge is 0.384 e. The number of nitrogens with one attached hydrogen (secondary N) is 2. The van der Waals surface area contributed by atoms with Crippen LogP contribution in [0.5, 0.6) is 0 Å². The van der Waals surface area contributed by atoms with Gasteiger partial charge in [-0.05, 0) is 41.8 Å². The third-order valence-corrected chi connectivity index (χ3v) is 3.26. The van der Waals surface area contributed by atoms with E-state index in [1.54, 1.807) is 12.1 Å². The maximum Gasteiger partial charge on any atom is 0.123 e. The molecule has 0 saturated carbocycles. The lowest BCUT2D eigenvalue weighted by atomic mass is 10.1. The SMILES string of the molecule is Fc1ccc(NCc2cccc3c2NCC3)cc1. The Kier molecular flexibility index (Phi) is 2.89. The monoisotopic (exact) mass is 242 g/mol. The van der Waals surface area contributed by atoms with E-state index in [9.17, 15) is 4.39 Å². The summed E-state index contributed by atoms with van der Waals surface area (Å²) in [5.74, 6) is -0.206. The molecule has 1 aliphatic heterocycles. The molecule has 2 nitrogen and oxygen atoms in total. The number of rotatable bonds is 3. The number of para-hydroxylation sites is 1. The number of hydrogen-bond donors (Lipinski definition) is 2.